The van der Waals surface area contributed by atoms with Crippen LogP contribution in [0.1, 0.15) is 18.9 Å². The molecule has 0 aliphatic heterocycles. The molecule has 0 aromatic carbocycles. The van der Waals surface area contributed by atoms with Crippen molar-refractivity contribution >= 4 is 27.7 Å². The van der Waals surface area contributed by atoms with Gasteiger partial charge in [0.05, 0.1) is 0 Å². The number of hydrogen-bond acceptors (Lipinski definition) is 3. The second-order valence-corrected chi connectivity index (χ2v) is 5.12. The van der Waals surface area contributed by atoms with Crippen LogP contribution in [0, 0.1) is 0 Å². The van der Waals surface area contributed by atoms with Gasteiger partial charge in [-0.3, -0.25) is 0 Å². The minimum Gasteiger partial charge on any atom is -0.306 e. The average Bonchev–Trinajstić information content (AvgIpc) is 2.82. The molecule has 1 fully saturated rings. The van der Waals surface area contributed by atoms with E-state index in [0.29, 0.717) is 6.04 Å². The van der Waals surface area contributed by atoms with E-state index in [1.165, 1.54) is 12.8 Å². The maximum absolute atomic E-state index is 4.06. The van der Waals surface area contributed by atoms with Crippen LogP contribution in [0.5, 0.6) is 0 Å². The molecule has 1 aliphatic carbocycles. The lowest BCUT2D eigenvalue weighted by Crippen LogP contribution is -1.94. The first-order chi connectivity index (χ1) is 6.27. The second-order valence-electron chi connectivity index (χ2n) is 3.06. The van der Waals surface area contributed by atoms with Crippen molar-refractivity contribution in [3.05, 3.63) is 17.4 Å². The Kier molecular flexibility index (Phi) is 2.74. The average molecular weight is 260 g/mol. The lowest BCUT2D eigenvalue weighted by Gasteiger charge is -2.02. The molecule has 0 radical (unpaired) electrons. The molecule has 0 bridgehead atoms. The zero-order valence-electron chi connectivity index (χ0n) is 7.11. The molecule has 0 atom stereocenters. The summed E-state index contributed by atoms with van der Waals surface area (Å²) in [4.78, 5) is 0. The molecule has 2 rings (SSSR count). The molecule has 1 aromatic rings. The fraction of sp³-hybridized carbons (Fsp3) is 0.500. The Labute approximate surface area is 89.7 Å². The largest absolute Gasteiger partial charge is 0.306 e. The lowest BCUT2D eigenvalue weighted by atomic mass is 10.7. The summed E-state index contributed by atoms with van der Waals surface area (Å²) in [7, 11) is 0. The number of rotatable bonds is 4. The molecule has 0 N–H and O–H groups in total. The number of aromatic nitrogens is 3. The summed E-state index contributed by atoms with van der Waals surface area (Å²) in [5.74, 6) is 0.853. The van der Waals surface area contributed by atoms with Crippen molar-refractivity contribution in [1.29, 1.82) is 0 Å². The number of hydrogen-bond donors (Lipinski definition) is 0. The zero-order valence-corrected chi connectivity index (χ0v) is 9.51. The van der Waals surface area contributed by atoms with Gasteiger partial charge in [-0.25, -0.2) is 0 Å². The third-order valence-electron chi connectivity index (χ3n) is 1.84. The number of nitrogens with zero attached hydrogens (tertiary/aromatic N) is 3. The van der Waals surface area contributed by atoms with Gasteiger partial charge in [-0.05, 0) is 17.3 Å². The first kappa shape index (κ1) is 9.27. The molecule has 13 heavy (non-hydrogen) atoms. The minimum absolute atomic E-state index is 0.654. The van der Waals surface area contributed by atoms with Crippen molar-refractivity contribution in [2.24, 2.45) is 0 Å². The SMILES string of the molecule is C=C(Br)CSc1nncn1C1CC1. The Hall–Kier alpha value is -0.290. The van der Waals surface area contributed by atoms with E-state index in [9.17, 15) is 0 Å². The summed E-state index contributed by atoms with van der Waals surface area (Å²) in [6.07, 6.45) is 4.35. The smallest absolute Gasteiger partial charge is 0.191 e. The Morgan fingerprint density at radius 3 is 3.15 bits per heavy atom. The van der Waals surface area contributed by atoms with Crippen LogP contribution in [-0.2, 0) is 0 Å². The first-order valence-corrected chi connectivity index (χ1v) is 5.91. The maximum Gasteiger partial charge on any atom is 0.191 e. The lowest BCUT2D eigenvalue weighted by molar-refractivity contribution is 0.663. The Bertz CT molecular complexity index is 319. The second kappa shape index (κ2) is 3.84. The summed E-state index contributed by atoms with van der Waals surface area (Å²) < 4.78 is 3.14. The molecule has 70 valence electrons. The molecule has 1 aliphatic rings. The maximum atomic E-state index is 4.06. The van der Waals surface area contributed by atoms with Gasteiger partial charge in [0.1, 0.15) is 6.33 Å². The van der Waals surface area contributed by atoms with Crippen molar-refractivity contribution in [3.8, 4) is 0 Å². The fourth-order valence-electron chi connectivity index (χ4n) is 1.08. The molecule has 0 unspecified atom stereocenters. The Morgan fingerprint density at radius 2 is 2.54 bits per heavy atom. The van der Waals surface area contributed by atoms with Crippen molar-refractivity contribution in [2.45, 2.75) is 24.0 Å². The summed E-state index contributed by atoms with van der Waals surface area (Å²) in [5, 5.41) is 8.97. The third kappa shape index (κ3) is 2.34. The highest BCUT2D eigenvalue weighted by atomic mass is 79.9. The summed E-state index contributed by atoms with van der Waals surface area (Å²) in [6, 6.07) is 0.654. The summed E-state index contributed by atoms with van der Waals surface area (Å²) >= 11 is 5.00. The van der Waals surface area contributed by atoms with Crippen LogP contribution in [0.4, 0.5) is 0 Å². The molecular weight excluding hydrogens is 250 g/mol. The molecule has 1 aromatic heterocycles. The standard InChI is InChI=1S/C8H10BrN3S/c1-6(9)4-13-8-11-10-5-12(8)7-2-3-7/h5,7H,1-4H2. The first-order valence-electron chi connectivity index (χ1n) is 4.13. The quantitative estimate of drug-likeness (QED) is 0.779. The van der Waals surface area contributed by atoms with Gasteiger partial charge in [0.15, 0.2) is 5.16 Å². The van der Waals surface area contributed by atoms with Crippen LogP contribution >= 0.6 is 27.7 Å². The van der Waals surface area contributed by atoms with Crippen molar-refractivity contribution in [2.75, 3.05) is 5.75 Å². The summed E-state index contributed by atoms with van der Waals surface area (Å²) in [5.41, 5.74) is 0. The monoisotopic (exact) mass is 259 g/mol. The van der Waals surface area contributed by atoms with Crippen LogP contribution in [-0.4, -0.2) is 20.5 Å². The van der Waals surface area contributed by atoms with Gasteiger partial charge in [0, 0.05) is 11.8 Å². The molecular formula is C8H10BrN3S. The number of halogens is 1. The third-order valence-corrected chi connectivity index (χ3v) is 3.53. The van der Waals surface area contributed by atoms with Gasteiger partial charge in [-0.1, -0.05) is 34.3 Å². The van der Waals surface area contributed by atoms with Crippen molar-refractivity contribution in [1.82, 2.24) is 14.8 Å². The summed E-state index contributed by atoms with van der Waals surface area (Å²) in [6.45, 7) is 3.78. The molecule has 1 heterocycles. The molecule has 0 saturated heterocycles. The fourth-order valence-corrected chi connectivity index (χ4v) is 2.16. The highest BCUT2D eigenvalue weighted by molar-refractivity contribution is 9.11. The minimum atomic E-state index is 0.654. The van der Waals surface area contributed by atoms with E-state index in [1.54, 1.807) is 11.8 Å². The van der Waals surface area contributed by atoms with Gasteiger partial charge in [-0.15, -0.1) is 10.2 Å². The van der Waals surface area contributed by atoms with Gasteiger partial charge in [-0.2, -0.15) is 0 Å². The molecule has 0 amide bonds. The topological polar surface area (TPSA) is 30.7 Å². The van der Waals surface area contributed by atoms with Crippen LogP contribution in [0.15, 0.2) is 22.5 Å². The van der Waals surface area contributed by atoms with E-state index in [4.69, 9.17) is 0 Å². The van der Waals surface area contributed by atoms with Gasteiger partial charge in [0.25, 0.3) is 0 Å². The predicted molar refractivity (Wildman–Crippen MR) is 57.1 cm³/mol. The predicted octanol–water partition coefficient (Wildman–Crippen LogP) is 2.61. The van der Waals surface area contributed by atoms with E-state index >= 15 is 0 Å². The molecule has 3 nitrogen and oxygen atoms in total. The van der Waals surface area contributed by atoms with E-state index in [1.807, 2.05) is 6.33 Å². The highest BCUT2D eigenvalue weighted by Crippen LogP contribution is 2.37. The van der Waals surface area contributed by atoms with Gasteiger partial charge in [0.2, 0.25) is 0 Å². The number of thioether (sulfide) groups is 1. The van der Waals surface area contributed by atoms with Crippen molar-refractivity contribution in [3.63, 3.8) is 0 Å². The van der Waals surface area contributed by atoms with Crippen LogP contribution in [0.3, 0.4) is 0 Å². The van der Waals surface area contributed by atoms with E-state index < -0.39 is 0 Å². The van der Waals surface area contributed by atoms with E-state index in [0.717, 1.165) is 15.4 Å². The van der Waals surface area contributed by atoms with Gasteiger partial charge >= 0.3 is 0 Å². The Balaban J connectivity index is 2.02. The molecule has 1 saturated carbocycles. The Morgan fingerprint density at radius 1 is 1.77 bits per heavy atom. The van der Waals surface area contributed by atoms with Gasteiger partial charge < -0.3 is 4.57 Å². The van der Waals surface area contributed by atoms with E-state index in [2.05, 4.69) is 37.3 Å². The van der Waals surface area contributed by atoms with Crippen molar-refractivity contribution < 1.29 is 0 Å². The molecule has 5 heteroatoms. The van der Waals surface area contributed by atoms with E-state index in [-0.39, 0.29) is 0 Å². The molecule has 0 spiro atoms. The zero-order chi connectivity index (χ0) is 9.26. The van der Waals surface area contributed by atoms with Crippen LogP contribution < -0.4 is 0 Å². The normalized spacial score (nSPS) is 16.1. The van der Waals surface area contributed by atoms with Crippen LogP contribution in [0.25, 0.3) is 0 Å². The van der Waals surface area contributed by atoms with Crippen LogP contribution in [0.2, 0.25) is 0 Å². The highest BCUT2D eigenvalue weighted by Gasteiger charge is 2.26.